The van der Waals surface area contributed by atoms with Gasteiger partial charge in [0.05, 0.1) is 6.42 Å². The minimum absolute atomic E-state index is 0.0703. The Hall–Kier alpha value is -3.09. The number of ether oxygens (including phenoxy) is 1. The summed E-state index contributed by atoms with van der Waals surface area (Å²) >= 11 is 0. The van der Waals surface area contributed by atoms with E-state index >= 15 is 0 Å². The largest absolute Gasteiger partial charge is 0.453 e. The summed E-state index contributed by atoms with van der Waals surface area (Å²) in [5.74, 6) is -3.74. The maximum atomic E-state index is 13.5. The van der Waals surface area contributed by atoms with Gasteiger partial charge in [-0.1, -0.05) is 36.4 Å². The Labute approximate surface area is 149 Å². The molecule has 136 valence electrons. The number of carbonyl (C=O) groups is 3. The molecule has 2 rings (SSSR count). The van der Waals surface area contributed by atoms with Gasteiger partial charge >= 0.3 is 5.97 Å². The molecule has 1 N–H and O–H groups in total. The van der Waals surface area contributed by atoms with Crippen LogP contribution < -0.4 is 5.32 Å². The highest BCUT2D eigenvalue weighted by Crippen LogP contribution is 2.18. The number of rotatable bonds is 7. The molecule has 0 heterocycles. The maximum Gasteiger partial charge on any atom is 0.307 e. The van der Waals surface area contributed by atoms with Crippen LogP contribution in [0.2, 0.25) is 0 Å². The van der Waals surface area contributed by atoms with Crippen molar-refractivity contribution in [1.82, 2.24) is 0 Å². The lowest BCUT2D eigenvalue weighted by molar-refractivity contribution is -0.153. The smallest absolute Gasteiger partial charge is 0.307 e. The zero-order valence-corrected chi connectivity index (χ0v) is 14.0. The second kappa shape index (κ2) is 8.84. The van der Waals surface area contributed by atoms with Gasteiger partial charge in [-0.2, -0.15) is 0 Å². The summed E-state index contributed by atoms with van der Waals surface area (Å²) in [5.41, 5.74) is -0.138. The lowest BCUT2D eigenvalue weighted by Crippen LogP contribution is -2.30. The van der Waals surface area contributed by atoms with Gasteiger partial charge in [0.25, 0.3) is 5.91 Å². The van der Waals surface area contributed by atoms with E-state index in [-0.39, 0.29) is 18.6 Å². The van der Waals surface area contributed by atoms with Crippen LogP contribution >= 0.6 is 0 Å². The number of carbonyl (C=O) groups excluding carboxylic acids is 3. The summed E-state index contributed by atoms with van der Waals surface area (Å²) < 4.78 is 31.9. The summed E-state index contributed by atoms with van der Waals surface area (Å²) in [6.07, 6.45) is -1.55. The second-order valence-electron chi connectivity index (χ2n) is 5.51. The van der Waals surface area contributed by atoms with Gasteiger partial charge in [-0.05, 0) is 19.1 Å². The molecule has 0 aliphatic rings. The number of ketones is 1. The third-order valence-electron chi connectivity index (χ3n) is 3.54. The van der Waals surface area contributed by atoms with E-state index in [9.17, 15) is 23.2 Å². The van der Waals surface area contributed by atoms with Crippen LogP contribution in [0.3, 0.4) is 0 Å². The van der Waals surface area contributed by atoms with Crippen molar-refractivity contribution < 1.29 is 27.9 Å². The molecule has 0 aliphatic carbocycles. The van der Waals surface area contributed by atoms with Crippen molar-refractivity contribution in [3.63, 3.8) is 0 Å². The molecule has 2 aromatic carbocycles. The van der Waals surface area contributed by atoms with E-state index in [0.717, 1.165) is 18.2 Å². The number of para-hydroxylation sites is 1. The van der Waals surface area contributed by atoms with Gasteiger partial charge in [-0.15, -0.1) is 0 Å². The predicted molar refractivity (Wildman–Crippen MR) is 90.5 cm³/mol. The number of amides is 1. The van der Waals surface area contributed by atoms with Crippen molar-refractivity contribution in [2.24, 2.45) is 0 Å². The first-order chi connectivity index (χ1) is 12.4. The molecular weight excluding hydrogens is 344 g/mol. The normalized spacial score (nSPS) is 11.5. The Morgan fingerprint density at radius 2 is 1.58 bits per heavy atom. The highest BCUT2D eigenvalue weighted by Gasteiger charge is 2.21. The Bertz CT molecular complexity index is 788. The lowest BCUT2D eigenvalue weighted by atomic mass is 10.1. The van der Waals surface area contributed by atoms with Crippen LogP contribution in [-0.4, -0.2) is 23.8 Å². The van der Waals surface area contributed by atoms with E-state index < -0.39 is 35.3 Å². The summed E-state index contributed by atoms with van der Waals surface area (Å²) in [7, 11) is 0. The summed E-state index contributed by atoms with van der Waals surface area (Å²) in [6.45, 7) is 1.27. The van der Waals surface area contributed by atoms with Crippen LogP contribution in [0.25, 0.3) is 0 Å². The lowest BCUT2D eigenvalue weighted by Gasteiger charge is -2.14. The number of esters is 1. The highest BCUT2D eigenvalue weighted by atomic mass is 19.1. The molecule has 1 atom stereocenters. The minimum Gasteiger partial charge on any atom is -0.453 e. The molecule has 0 radical (unpaired) electrons. The van der Waals surface area contributed by atoms with Crippen molar-refractivity contribution in [2.45, 2.75) is 25.9 Å². The Kier molecular flexibility index (Phi) is 6.54. The van der Waals surface area contributed by atoms with E-state index in [4.69, 9.17) is 4.74 Å². The topological polar surface area (TPSA) is 72.5 Å². The summed E-state index contributed by atoms with van der Waals surface area (Å²) in [4.78, 5) is 35.6. The van der Waals surface area contributed by atoms with Gasteiger partial charge in [0.15, 0.2) is 11.9 Å². The SMILES string of the molecule is C[C@H](OC(=O)CCC(=O)c1ccccc1)C(=O)Nc1c(F)cccc1F. The number of hydrogen-bond acceptors (Lipinski definition) is 4. The van der Waals surface area contributed by atoms with Crippen LogP contribution in [0.5, 0.6) is 0 Å². The number of Topliss-reactive ketones (excluding diaryl/α,β-unsaturated/α-hetero) is 1. The first-order valence-electron chi connectivity index (χ1n) is 7.91. The molecule has 0 unspecified atom stereocenters. The fourth-order valence-electron chi connectivity index (χ4n) is 2.14. The fourth-order valence-corrected chi connectivity index (χ4v) is 2.14. The molecule has 0 saturated carbocycles. The number of anilines is 1. The van der Waals surface area contributed by atoms with Crippen molar-refractivity contribution >= 4 is 23.3 Å². The van der Waals surface area contributed by atoms with Gasteiger partial charge in [0.1, 0.15) is 17.3 Å². The molecule has 26 heavy (non-hydrogen) atoms. The van der Waals surface area contributed by atoms with E-state index in [1.807, 2.05) is 5.32 Å². The Morgan fingerprint density at radius 1 is 0.962 bits per heavy atom. The molecule has 0 bridgehead atoms. The van der Waals surface area contributed by atoms with Crippen molar-refractivity contribution in [3.8, 4) is 0 Å². The standard InChI is InChI=1S/C19H17F2NO4/c1-12(19(25)22-18-14(20)8-5-9-15(18)21)26-17(24)11-10-16(23)13-6-3-2-4-7-13/h2-9,12H,10-11H2,1H3,(H,22,25)/t12-/m0/s1. The fraction of sp³-hybridized carbons (Fsp3) is 0.211. The zero-order chi connectivity index (χ0) is 19.1. The Morgan fingerprint density at radius 3 is 2.19 bits per heavy atom. The molecule has 5 nitrogen and oxygen atoms in total. The number of benzene rings is 2. The highest BCUT2D eigenvalue weighted by molar-refractivity contribution is 5.98. The quantitative estimate of drug-likeness (QED) is 0.605. The number of nitrogens with one attached hydrogen (secondary N) is 1. The van der Waals surface area contributed by atoms with Gasteiger partial charge in [-0.3, -0.25) is 14.4 Å². The molecule has 1 amide bonds. The molecule has 2 aromatic rings. The molecule has 0 spiro atoms. The van der Waals surface area contributed by atoms with Crippen molar-refractivity contribution in [1.29, 1.82) is 0 Å². The third-order valence-corrected chi connectivity index (χ3v) is 3.54. The molecular formula is C19H17F2NO4. The van der Waals surface area contributed by atoms with E-state index in [0.29, 0.717) is 5.56 Å². The van der Waals surface area contributed by atoms with Crippen LogP contribution in [0, 0.1) is 11.6 Å². The van der Waals surface area contributed by atoms with E-state index in [1.165, 1.54) is 6.92 Å². The van der Waals surface area contributed by atoms with E-state index in [2.05, 4.69) is 0 Å². The van der Waals surface area contributed by atoms with Crippen LogP contribution in [-0.2, 0) is 14.3 Å². The van der Waals surface area contributed by atoms with Crippen LogP contribution in [0.1, 0.15) is 30.1 Å². The number of hydrogen-bond donors (Lipinski definition) is 1. The Balaban J connectivity index is 1.84. The van der Waals surface area contributed by atoms with E-state index in [1.54, 1.807) is 30.3 Å². The van der Waals surface area contributed by atoms with Gasteiger partial charge in [0.2, 0.25) is 0 Å². The van der Waals surface area contributed by atoms with Gasteiger partial charge < -0.3 is 10.1 Å². The first kappa shape index (κ1) is 19.2. The monoisotopic (exact) mass is 361 g/mol. The number of halogens is 2. The molecule has 0 aliphatic heterocycles. The van der Waals surface area contributed by atoms with Crippen molar-refractivity contribution in [3.05, 3.63) is 65.7 Å². The molecule has 0 fully saturated rings. The second-order valence-corrected chi connectivity index (χ2v) is 5.51. The average Bonchev–Trinajstić information content (AvgIpc) is 2.63. The predicted octanol–water partition coefficient (Wildman–Crippen LogP) is 3.50. The molecule has 7 heteroatoms. The van der Waals surface area contributed by atoms with Gasteiger partial charge in [-0.25, -0.2) is 8.78 Å². The van der Waals surface area contributed by atoms with Crippen molar-refractivity contribution in [2.75, 3.05) is 5.32 Å². The summed E-state index contributed by atoms with van der Waals surface area (Å²) in [5, 5.41) is 2.04. The van der Waals surface area contributed by atoms with Gasteiger partial charge in [0, 0.05) is 12.0 Å². The van der Waals surface area contributed by atoms with Crippen LogP contribution in [0.4, 0.5) is 14.5 Å². The maximum absolute atomic E-state index is 13.5. The molecule has 0 aromatic heterocycles. The van der Waals surface area contributed by atoms with Crippen LogP contribution in [0.15, 0.2) is 48.5 Å². The minimum atomic E-state index is -1.27. The zero-order valence-electron chi connectivity index (χ0n) is 14.0. The molecule has 0 saturated heterocycles. The summed E-state index contributed by atoms with van der Waals surface area (Å²) in [6, 6.07) is 11.6. The average molecular weight is 361 g/mol. The third kappa shape index (κ3) is 5.20. The first-order valence-corrected chi connectivity index (χ1v) is 7.91.